The fourth-order valence-corrected chi connectivity index (χ4v) is 6.25. The second-order valence-corrected chi connectivity index (χ2v) is 10.1. The first-order chi connectivity index (χ1) is 14.9. The van der Waals surface area contributed by atoms with Crippen LogP contribution in [-0.2, 0) is 14.8 Å². The molecule has 166 valence electrons. The summed E-state index contributed by atoms with van der Waals surface area (Å²) in [5.41, 5.74) is 0.338. The van der Waals surface area contributed by atoms with Crippen LogP contribution >= 0.6 is 0 Å². The van der Waals surface area contributed by atoms with Gasteiger partial charge in [-0.3, -0.25) is 9.10 Å². The van der Waals surface area contributed by atoms with E-state index < -0.39 is 10.0 Å². The van der Waals surface area contributed by atoms with Crippen LogP contribution in [0.2, 0.25) is 0 Å². The SMILES string of the molecule is COc1ccc(N(CC(=O)N[C@H]2C[C@H]3CC[C@H]2C3)S(=O)(=O)c2ccccc2)cc1OC. The molecule has 2 saturated carbocycles. The summed E-state index contributed by atoms with van der Waals surface area (Å²) in [6.45, 7) is -0.305. The summed E-state index contributed by atoms with van der Waals surface area (Å²) in [4.78, 5) is 13.1. The molecule has 2 fully saturated rings. The zero-order valence-corrected chi connectivity index (χ0v) is 18.6. The molecule has 3 atom stereocenters. The summed E-state index contributed by atoms with van der Waals surface area (Å²) in [5.74, 6) is 1.77. The van der Waals surface area contributed by atoms with Crippen molar-refractivity contribution in [2.75, 3.05) is 25.1 Å². The lowest BCUT2D eigenvalue weighted by molar-refractivity contribution is -0.120. The predicted molar refractivity (Wildman–Crippen MR) is 118 cm³/mol. The molecule has 1 N–H and O–H groups in total. The third-order valence-corrected chi connectivity index (χ3v) is 8.15. The molecule has 8 heteroatoms. The van der Waals surface area contributed by atoms with Crippen molar-refractivity contribution in [3.05, 3.63) is 48.5 Å². The van der Waals surface area contributed by atoms with Gasteiger partial charge in [0.25, 0.3) is 10.0 Å². The number of hydrogen-bond acceptors (Lipinski definition) is 5. The number of benzene rings is 2. The number of carbonyl (C=O) groups is 1. The summed E-state index contributed by atoms with van der Waals surface area (Å²) in [6, 6.07) is 13.1. The molecule has 2 aliphatic rings. The molecule has 2 aromatic carbocycles. The highest BCUT2D eigenvalue weighted by molar-refractivity contribution is 7.92. The lowest BCUT2D eigenvalue weighted by atomic mass is 9.95. The van der Waals surface area contributed by atoms with Gasteiger partial charge in [-0.2, -0.15) is 0 Å². The monoisotopic (exact) mass is 444 g/mol. The molecule has 0 aromatic heterocycles. The number of hydrogen-bond donors (Lipinski definition) is 1. The van der Waals surface area contributed by atoms with Gasteiger partial charge in [0.2, 0.25) is 5.91 Å². The van der Waals surface area contributed by atoms with Crippen molar-refractivity contribution in [2.45, 2.75) is 36.6 Å². The Kier molecular flexibility index (Phi) is 6.09. The zero-order chi connectivity index (χ0) is 22.0. The number of rotatable bonds is 8. The standard InChI is InChI=1S/C23H28N2O5S/c1-29-21-11-10-18(14-22(21)30-2)25(31(27,28)19-6-4-3-5-7-19)15-23(26)24-20-13-16-8-9-17(20)12-16/h3-7,10-11,14,16-17,20H,8-9,12-13,15H2,1-2H3,(H,24,26)/t16-,17-,20-/m0/s1. The van der Waals surface area contributed by atoms with Gasteiger partial charge in [0.05, 0.1) is 24.8 Å². The van der Waals surface area contributed by atoms with Gasteiger partial charge in [-0.05, 0) is 55.4 Å². The van der Waals surface area contributed by atoms with Gasteiger partial charge < -0.3 is 14.8 Å². The fourth-order valence-electron chi connectivity index (χ4n) is 4.82. The minimum Gasteiger partial charge on any atom is -0.493 e. The third kappa shape index (κ3) is 4.35. The van der Waals surface area contributed by atoms with Crippen LogP contribution < -0.4 is 19.1 Å². The summed E-state index contributed by atoms with van der Waals surface area (Å²) in [6.07, 6.45) is 4.51. The normalized spacial score (nSPS) is 22.2. The van der Waals surface area contributed by atoms with Gasteiger partial charge in [0, 0.05) is 12.1 Å². The van der Waals surface area contributed by atoms with Gasteiger partial charge in [0.1, 0.15) is 6.54 Å². The van der Waals surface area contributed by atoms with E-state index in [0.717, 1.165) is 23.6 Å². The Hall–Kier alpha value is -2.74. The predicted octanol–water partition coefficient (Wildman–Crippen LogP) is 3.20. The van der Waals surface area contributed by atoms with E-state index in [-0.39, 0.29) is 23.4 Å². The van der Waals surface area contributed by atoms with E-state index in [1.54, 1.807) is 36.4 Å². The van der Waals surface area contributed by atoms with Crippen LogP contribution in [-0.4, -0.2) is 41.1 Å². The van der Waals surface area contributed by atoms with Gasteiger partial charge in [-0.1, -0.05) is 24.6 Å². The number of nitrogens with zero attached hydrogens (tertiary/aromatic N) is 1. The van der Waals surface area contributed by atoms with Gasteiger partial charge in [-0.25, -0.2) is 8.42 Å². The van der Waals surface area contributed by atoms with E-state index in [9.17, 15) is 13.2 Å². The molecule has 0 unspecified atom stereocenters. The Bertz CT molecular complexity index is 1040. The maximum Gasteiger partial charge on any atom is 0.264 e. The van der Waals surface area contributed by atoms with Gasteiger partial charge in [0.15, 0.2) is 11.5 Å². The van der Waals surface area contributed by atoms with Crippen molar-refractivity contribution in [1.29, 1.82) is 0 Å². The Morgan fingerprint density at radius 3 is 2.39 bits per heavy atom. The summed E-state index contributed by atoms with van der Waals surface area (Å²) in [7, 11) is -0.963. The number of carbonyl (C=O) groups excluding carboxylic acids is 1. The van der Waals surface area contributed by atoms with Crippen LogP contribution in [0.25, 0.3) is 0 Å². The zero-order valence-electron chi connectivity index (χ0n) is 17.8. The first-order valence-electron chi connectivity index (χ1n) is 10.5. The quantitative estimate of drug-likeness (QED) is 0.676. The second kappa shape index (κ2) is 8.78. The number of amides is 1. The van der Waals surface area contributed by atoms with Crippen molar-refractivity contribution < 1.29 is 22.7 Å². The second-order valence-electron chi connectivity index (χ2n) is 8.21. The van der Waals surface area contributed by atoms with E-state index in [1.807, 2.05) is 0 Å². The average Bonchev–Trinajstić information content (AvgIpc) is 3.41. The first kappa shape index (κ1) is 21.5. The number of ether oxygens (including phenoxy) is 2. The van der Waals surface area contributed by atoms with E-state index in [2.05, 4.69) is 5.32 Å². The van der Waals surface area contributed by atoms with E-state index in [1.165, 1.54) is 32.8 Å². The molecule has 0 heterocycles. The Balaban J connectivity index is 1.63. The number of methoxy groups -OCH3 is 2. The van der Waals surface area contributed by atoms with Crippen molar-refractivity contribution in [3.8, 4) is 11.5 Å². The molecule has 2 aromatic rings. The summed E-state index contributed by atoms with van der Waals surface area (Å²) >= 11 is 0. The fraction of sp³-hybridized carbons (Fsp3) is 0.435. The molecule has 4 rings (SSSR count). The Morgan fingerprint density at radius 2 is 1.77 bits per heavy atom. The van der Waals surface area contributed by atoms with Crippen molar-refractivity contribution in [1.82, 2.24) is 5.32 Å². The van der Waals surface area contributed by atoms with Crippen molar-refractivity contribution in [3.63, 3.8) is 0 Å². The van der Waals surface area contributed by atoms with Crippen LogP contribution in [0.5, 0.6) is 11.5 Å². The lowest BCUT2D eigenvalue weighted by Gasteiger charge is -2.27. The number of anilines is 1. The maximum atomic E-state index is 13.5. The molecular formula is C23H28N2O5S. The minimum absolute atomic E-state index is 0.123. The highest BCUT2D eigenvalue weighted by atomic mass is 32.2. The number of sulfonamides is 1. The molecule has 1 amide bonds. The van der Waals surface area contributed by atoms with Crippen LogP contribution in [0, 0.1) is 11.8 Å². The molecular weight excluding hydrogens is 416 g/mol. The minimum atomic E-state index is -3.96. The van der Waals surface area contributed by atoms with Crippen LogP contribution in [0.15, 0.2) is 53.4 Å². The molecule has 7 nitrogen and oxygen atoms in total. The van der Waals surface area contributed by atoms with Crippen molar-refractivity contribution in [2.24, 2.45) is 11.8 Å². The Labute approximate surface area is 183 Å². The van der Waals surface area contributed by atoms with Crippen molar-refractivity contribution >= 4 is 21.6 Å². The number of nitrogens with one attached hydrogen (secondary N) is 1. The van der Waals surface area contributed by atoms with Crippen LogP contribution in [0.1, 0.15) is 25.7 Å². The average molecular weight is 445 g/mol. The van der Waals surface area contributed by atoms with Crippen LogP contribution in [0.3, 0.4) is 0 Å². The van der Waals surface area contributed by atoms with Gasteiger partial charge in [-0.15, -0.1) is 0 Å². The molecule has 31 heavy (non-hydrogen) atoms. The van der Waals surface area contributed by atoms with E-state index >= 15 is 0 Å². The highest BCUT2D eigenvalue weighted by Gasteiger charge is 2.40. The maximum absolute atomic E-state index is 13.5. The molecule has 0 aliphatic heterocycles. The lowest BCUT2D eigenvalue weighted by Crippen LogP contribution is -2.46. The van der Waals surface area contributed by atoms with Gasteiger partial charge >= 0.3 is 0 Å². The van der Waals surface area contributed by atoms with E-state index in [4.69, 9.17) is 9.47 Å². The highest BCUT2D eigenvalue weighted by Crippen LogP contribution is 2.44. The Morgan fingerprint density at radius 1 is 1.03 bits per heavy atom. The number of fused-ring (bicyclic) bond motifs is 2. The largest absolute Gasteiger partial charge is 0.493 e. The molecule has 0 spiro atoms. The third-order valence-electron chi connectivity index (χ3n) is 6.36. The summed E-state index contributed by atoms with van der Waals surface area (Å²) in [5, 5.41) is 3.08. The summed E-state index contributed by atoms with van der Waals surface area (Å²) < 4.78 is 38.7. The van der Waals surface area contributed by atoms with Crippen LogP contribution in [0.4, 0.5) is 5.69 Å². The molecule has 0 saturated heterocycles. The molecule has 2 bridgehead atoms. The smallest absolute Gasteiger partial charge is 0.264 e. The molecule has 0 radical (unpaired) electrons. The molecule has 2 aliphatic carbocycles. The van der Waals surface area contributed by atoms with E-state index in [0.29, 0.717) is 29.0 Å². The first-order valence-corrected chi connectivity index (χ1v) is 12.0. The topological polar surface area (TPSA) is 84.9 Å².